The first kappa shape index (κ1) is 24.8. The quantitative estimate of drug-likeness (QED) is 0.275. The van der Waals surface area contributed by atoms with Gasteiger partial charge in [-0.1, -0.05) is 37.3 Å². The standard InChI is InChI=1S/C21H31NO6S/c1-8-15(18(26-5)22-29(25)21(2,3)4)16(14-12-10-9-11-13-14)17(19(23)27-6)20(24)28-7/h9-13,15-17H,8H2,1-7H3/b22-18+/t15-,16-,29-/m1/s1. The van der Waals surface area contributed by atoms with E-state index < -0.39 is 45.4 Å². The molecule has 0 aliphatic rings. The van der Waals surface area contributed by atoms with Crippen molar-refractivity contribution in [3.8, 4) is 0 Å². The van der Waals surface area contributed by atoms with Crippen LogP contribution in [0, 0.1) is 11.8 Å². The minimum Gasteiger partial charge on any atom is -0.483 e. The average molecular weight is 426 g/mol. The molecule has 0 aliphatic carbocycles. The van der Waals surface area contributed by atoms with E-state index in [1.807, 2.05) is 37.3 Å². The molecule has 0 saturated carbocycles. The number of benzene rings is 1. The normalized spacial score (nSPS) is 15.4. The third-order valence-electron chi connectivity index (χ3n) is 4.55. The van der Waals surface area contributed by atoms with Gasteiger partial charge in [-0.25, -0.2) is 4.21 Å². The fourth-order valence-electron chi connectivity index (χ4n) is 3.03. The Kier molecular flexibility index (Phi) is 9.49. The van der Waals surface area contributed by atoms with Crippen molar-refractivity contribution in [1.82, 2.24) is 0 Å². The summed E-state index contributed by atoms with van der Waals surface area (Å²) in [6.45, 7) is 7.31. The molecule has 3 atom stereocenters. The zero-order valence-corrected chi connectivity index (χ0v) is 18.9. The van der Waals surface area contributed by atoms with Crippen LogP contribution in [0.25, 0.3) is 0 Å². The molecule has 0 N–H and O–H groups in total. The Labute approximate surface area is 175 Å². The van der Waals surface area contributed by atoms with Gasteiger partial charge in [0.25, 0.3) is 0 Å². The van der Waals surface area contributed by atoms with E-state index in [0.717, 1.165) is 5.56 Å². The molecule has 0 saturated heterocycles. The van der Waals surface area contributed by atoms with Gasteiger partial charge in [0.1, 0.15) is 11.0 Å². The third kappa shape index (κ3) is 6.39. The van der Waals surface area contributed by atoms with Crippen molar-refractivity contribution in [2.75, 3.05) is 21.3 Å². The van der Waals surface area contributed by atoms with Crippen LogP contribution >= 0.6 is 0 Å². The smallest absolute Gasteiger partial charge is 0.320 e. The van der Waals surface area contributed by atoms with Crippen LogP contribution in [0.2, 0.25) is 0 Å². The molecule has 0 unspecified atom stereocenters. The van der Waals surface area contributed by atoms with E-state index in [0.29, 0.717) is 6.42 Å². The van der Waals surface area contributed by atoms with E-state index in [2.05, 4.69) is 4.40 Å². The van der Waals surface area contributed by atoms with Gasteiger partial charge in [-0.3, -0.25) is 9.59 Å². The lowest BCUT2D eigenvalue weighted by Crippen LogP contribution is -2.39. The van der Waals surface area contributed by atoms with Gasteiger partial charge in [-0.2, -0.15) is 4.40 Å². The van der Waals surface area contributed by atoms with Crippen LogP contribution in [0.15, 0.2) is 34.7 Å². The van der Waals surface area contributed by atoms with Gasteiger partial charge in [0.05, 0.1) is 26.1 Å². The Morgan fingerprint density at radius 2 is 1.52 bits per heavy atom. The SMILES string of the molecule is CC[C@@H](/C(=N\[S@](=O)C(C)(C)C)OC)[C@@H](c1ccccc1)C(C(=O)OC)C(=O)OC. The first-order valence-electron chi connectivity index (χ1n) is 9.37. The summed E-state index contributed by atoms with van der Waals surface area (Å²) in [6, 6.07) is 9.11. The number of rotatable bonds is 8. The van der Waals surface area contributed by atoms with Gasteiger partial charge in [-0.05, 0) is 32.8 Å². The van der Waals surface area contributed by atoms with E-state index in [-0.39, 0.29) is 5.90 Å². The highest BCUT2D eigenvalue weighted by Crippen LogP contribution is 2.37. The zero-order chi connectivity index (χ0) is 22.2. The van der Waals surface area contributed by atoms with Gasteiger partial charge in [0, 0.05) is 11.8 Å². The second-order valence-electron chi connectivity index (χ2n) is 7.47. The van der Waals surface area contributed by atoms with Crippen molar-refractivity contribution in [2.45, 2.75) is 44.8 Å². The number of esters is 2. The van der Waals surface area contributed by atoms with E-state index >= 15 is 0 Å². The number of ether oxygens (including phenoxy) is 3. The summed E-state index contributed by atoms with van der Waals surface area (Å²) < 4.78 is 31.6. The molecule has 1 aromatic carbocycles. The topological polar surface area (TPSA) is 91.3 Å². The molecule has 0 radical (unpaired) electrons. The lowest BCUT2D eigenvalue weighted by molar-refractivity contribution is -0.160. The Morgan fingerprint density at radius 1 is 1.00 bits per heavy atom. The highest BCUT2D eigenvalue weighted by molar-refractivity contribution is 7.85. The monoisotopic (exact) mass is 425 g/mol. The van der Waals surface area contributed by atoms with Gasteiger partial charge in [0.2, 0.25) is 5.90 Å². The summed E-state index contributed by atoms with van der Waals surface area (Å²) in [5.74, 6) is -3.60. The molecule has 1 aromatic rings. The van der Waals surface area contributed by atoms with Crippen LogP contribution < -0.4 is 0 Å². The summed E-state index contributed by atoms with van der Waals surface area (Å²) in [5.41, 5.74) is 0.728. The summed E-state index contributed by atoms with van der Waals surface area (Å²) >= 11 is 0. The minimum atomic E-state index is -1.57. The first-order chi connectivity index (χ1) is 13.6. The number of methoxy groups -OCH3 is 3. The van der Waals surface area contributed by atoms with Gasteiger partial charge >= 0.3 is 11.9 Å². The number of carbonyl (C=O) groups is 2. The fourth-order valence-corrected chi connectivity index (χ4v) is 3.68. The van der Waals surface area contributed by atoms with E-state index in [1.165, 1.54) is 21.3 Å². The predicted octanol–water partition coefficient (Wildman–Crippen LogP) is 3.27. The minimum absolute atomic E-state index is 0.215. The van der Waals surface area contributed by atoms with Crippen LogP contribution in [0.1, 0.15) is 45.6 Å². The molecule has 8 heteroatoms. The van der Waals surface area contributed by atoms with Crippen molar-refractivity contribution in [1.29, 1.82) is 0 Å². The highest BCUT2D eigenvalue weighted by Gasteiger charge is 2.44. The van der Waals surface area contributed by atoms with Crippen molar-refractivity contribution in [3.63, 3.8) is 0 Å². The Bertz CT molecular complexity index is 725. The molecule has 0 aliphatic heterocycles. The van der Waals surface area contributed by atoms with Gasteiger partial charge < -0.3 is 14.2 Å². The molecule has 0 amide bonds. The number of nitrogens with zero attached hydrogens (tertiary/aromatic N) is 1. The predicted molar refractivity (Wildman–Crippen MR) is 113 cm³/mol. The molecule has 0 spiro atoms. The maximum atomic E-state index is 12.6. The van der Waals surface area contributed by atoms with Crippen molar-refractivity contribution < 1.29 is 28.0 Å². The fraction of sp³-hybridized carbons (Fsp3) is 0.571. The summed E-state index contributed by atoms with van der Waals surface area (Å²) in [5, 5.41) is 0. The lowest BCUT2D eigenvalue weighted by atomic mass is 9.75. The largest absolute Gasteiger partial charge is 0.483 e. The van der Waals surface area contributed by atoms with Crippen LogP contribution in [-0.2, 0) is 34.8 Å². The maximum absolute atomic E-state index is 12.6. The van der Waals surface area contributed by atoms with Crippen LogP contribution in [0.5, 0.6) is 0 Å². The molecular formula is C21H31NO6S. The molecule has 29 heavy (non-hydrogen) atoms. The Balaban J connectivity index is 3.64. The molecular weight excluding hydrogens is 394 g/mol. The first-order valence-corrected chi connectivity index (χ1v) is 10.5. The highest BCUT2D eigenvalue weighted by atomic mass is 32.2. The summed E-state index contributed by atoms with van der Waals surface area (Å²) in [4.78, 5) is 25.2. The number of carbonyl (C=O) groups excluding carboxylic acids is 2. The Morgan fingerprint density at radius 3 is 1.90 bits per heavy atom. The Hall–Kier alpha value is -2.22. The molecule has 0 fully saturated rings. The van der Waals surface area contributed by atoms with Gasteiger partial charge in [0.15, 0.2) is 5.92 Å². The molecule has 0 bridgehead atoms. The van der Waals surface area contributed by atoms with E-state index in [1.54, 1.807) is 20.8 Å². The average Bonchev–Trinajstić information content (AvgIpc) is 2.71. The zero-order valence-electron chi connectivity index (χ0n) is 18.1. The second kappa shape index (κ2) is 11.1. The number of hydrogen-bond acceptors (Lipinski definition) is 6. The van der Waals surface area contributed by atoms with Crippen LogP contribution in [-0.4, -0.2) is 48.1 Å². The molecule has 162 valence electrons. The van der Waals surface area contributed by atoms with Crippen LogP contribution in [0.4, 0.5) is 0 Å². The second-order valence-corrected chi connectivity index (χ2v) is 9.38. The van der Waals surface area contributed by atoms with E-state index in [9.17, 15) is 13.8 Å². The van der Waals surface area contributed by atoms with Crippen molar-refractivity contribution in [2.24, 2.45) is 16.2 Å². The third-order valence-corrected chi connectivity index (χ3v) is 5.94. The maximum Gasteiger partial charge on any atom is 0.320 e. The summed E-state index contributed by atoms with van der Waals surface area (Å²) in [6.07, 6.45) is 0.484. The molecule has 1 rings (SSSR count). The molecule has 7 nitrogen and oxygen atoms in total. The van der Waals surface area contributed by atoms with Gasteiger partial charge in [-0.15, -0.1) is 0 Å². The van der Waals surface area contributed by atoms with Crippen LogP contribution in [0.3, 0.4) is 0 Å². The lowest BCUT2D eigenvalue weighted by Gasteiger charge is -2.31. The van der Waals surface area contributed by atoms with E-state index in [4.69, 9.17) is 14.2 Å². The number of hydrogen-bond donors (Lipinski definition) is 0. The van der Waals surface area contributed by atoms with Crippen molar-refractivity contribution in [3.05, 3.63) is 35.9 Å². The summed E-state index contributed by atoms with van der Waals surface area (Å²) in [7, 11) is 2.32. The van der Waals surface area contributed by atoms with Crippen molar-refractivity contribution >= 4 is 28.8 Å². The molecule has 0 aromatic heterocycles. The molecule has 0 heterocycles.